The summed E-state index contributed by atoms with van der Waals surface area (Å²) in [5.41, 5.74) is 4.12. The average Bonchev–Trinajstić information content (AvgIpc) is 3.72. The van der Waals surface area contributed by atoms with Gasteiger partial charge in [-0.3, -0.25) is 0 Å². The van der Waals surface area contributed by atoms with Crippen molar-refractivity contribution in [1.82, 2.24) is 15.0 Å². The largest absolute Gasteiger partial charge is 0.486 e. The average molecular weight is 920 g/mol. The van der Waals surface area contributed by atoms with Gasteiger partial charge in [0.15, 0.2) is 0 Å². The fraction of sp³-hybridized carbons (Fsp3) is 0.118. The molecule has 0 aliphatic carbocycles. The minimum absolute atomic E-state index is 0. The molecule has 277 valence electrons. The topological polar surface area (TPSA) is 51.8 Å². The van der Waals surface area contributed by atoms with E-state index in [1.54, 1.807) is 48.5 Å². The summed E-state index contributed by atoms with van der Waals surface area (Å²) in [4.78, 5) is 12.9. The molecule has 9 rings (SSSR count). The molecule has 4 nitrogen and oxygen atoms in total. The van der Waals surface area contributed by atoms with Crippen molar-refractivity contribution in [3.05, 3.63) is 198 Å². The summed E-state index contributed by atoms with van der Waals surface area (Å²) in [7, 11) is 0. The predicted molar refractivity (Wildman–Crippen MR) is 226 cm³/mol. The second-order valence-electron chi connectivity index (χ2n) is 12.5. The van der Waals surface area contributed by atoms with Crippen molar-refractivity contribution < 1.29 is 46.5 Å². The van der Waals surface area contributed by atoms with E-state index in [0.717, 1.165) is 17.3 Å². The smallest absolute Gasteiger partial charge is 0.216 e. The van der Waals surface area contributed by atoms with Crippen LogP contribution >= 0.6 is 0 Å². The molecule has 0 aliphatic rings. The minimum Gasteiger partial charge on any atom is -0.486 e. The Morgan fingerprint density at radius 2 is 1.27 bits per heavy atom. The molecule has 9 aromatic rings. The Morgan fingerprint density at radius 1 is 0.607 bits per heavy atom. The van der Waals surface area contributed by atoms with Gasteiger partial charge in [0.05, 0.1) is 5.58 Å². The van der Waals surface area contributed by atoms with E-state index in [2.05, 4.69) is 27.1 Å². The Labute approximate surface area is 365 Å². The molecule has 4 heterocycles. The van der Waals surface area contributed by atoms with Crippen LogP contribution in [0.3, 0.4) is 0 Å². The number of aryl methyl sites for hydroxylation is 6. The van der Waals surface area contributed by atoms with E-state index < -0.39 is 40.2 Å². The van der Waals surface area contributed by atoms with Crippen molar-refractivity contribution in [2.75, 3.05) is 0 Å². The van der Waals surface area contributed by atoms with Crippen LogP contribution in [0.1, 0.15) is 55.4 Å². The molecule has 0 aliphatic heterocycles. The van der Waals surface area contributed by atoms with Gasteiger partial charge < -0.3 is 14.4 Å². The van der Waals surface area contributed by atoms with E-state index in [9.17, 15) is 0 Å². The molecule has 4 aromatic heterocycles. The zero-order valence-corrected chi connectivity index (χ0v) is 31.9. The second-order valence-corrected chi connectivity index (χ2v) is 12.5. The third-order valence-electron chi connectivity index (χ3n) is 8.87. The van der Waals surface area contributed by atoms with Gasteiger partial charge in [-0.05, 0) is 90.2 Å². The van der Waals surface area contributed by atoms with Crippen molar-refractivity contribution in [2.45, 2.75) is 40.2 Å². The van der Waals surface area contributed by atoms with Crippen LogP contribution in [0, 0.1) is 39.5 Å². The van der Waals surface area contributed by atoms with Crippen LogP contribution in [0.15, 0.2) is 156 Å². The number of rotatable bonds is 7. The van der Waals surface area contributed by atoms with E-state index in [4.69, 9.17) is 26.3 Å². The number of furan rings is 1. The van der Waals surface area contributed by atoms with Crippen LogP contribution in [0.25, 0.3) is 66.8 Å². The molecule has 0 fully saturated rings. The summed E-state index contributed by atoms with van der Waals surface area (Å²) in [5.74, 6) is 0. The first-order valence-electron chi connectivity index (χ1n) is 25.3. The molecule has 0 N–H and O–H groups in total. The van der Waals surface area contributed by atoms with Gasteiger partial charge in [-0.2, -0.15) is 0 Å². The molecular formula is C51H41IrN3O-2. The van der Waals surface area contributed by atoms with Gasteiger partial charge in [-0.1, -0.05) is 132 Å². The summed E-state index contributed by atoms with van der Waals surface area (Å²) in [6.45, 7) is -9.99. The van der Waals surface area contributed by atoms with Crippen molar-refractivity contribution in [3.8, 4) is 44.8 Å². The number of hydrogen-bond acceptors (Lipinski definition) is 4. The second kappa shape index (κ2) is 17.2. The minimum atomic E-state index is -2.71. The number of pyridine rings is 3. The maximum absolute atomic E-state index is 8.62. The first kappa shape index (κ1) is 23.2. The molecular weight excluding hydrogens is 863 g/mol. The number of nitrogens with zero attached hydrogens (tertiary/aromatic N) is 3. The van der Waals surface area contributed by atoms with Crippen molar-refractivity contribution in [1.29, 1.82) is 0 Å². The van der Waals surface area contributed by atoms with E-state index in [1.165, 1.54) is 36.5 Å². The van der Waals surface area contributed by atoms with Crippen LogP contribution in [-0.2, 0) is 32.9 Å². The molecule has 5 heteroatoms. The van der Waals surface area contributed by atoms with E-state index >= 15 is 0 Å². The van der Waals surface area contributed by atoms with Crippen molar-refractivity contribution in [2.24, 2.45) is 0 Å². The quantitative estimate of drug-likeness (QED) is 0.149. The van der Waals surface area contributed by atoms with Gasteiger partial charge in [-0.25, -0.2) is 4.98 Å². The molecule has 0 saturated heterocycles. The van der Waals surface area contributed by atoms with Crippen LogP contribution in [-0.4, -0.2) is 15.0 Å². The van der Waals surface area contributed by atoms with E-state index in [1.807, 2.05) is 60.7 Å². The first-order chi connectivity index (χ1) is 33.3. The molecule has 5 aromatic carbocycles. The Kier molecular flexibility index (Phi) is 7.12. The Balaban J connectivity index is 0.000000212. The summed E-state index contributed by atoms with van der Waals surface area (Å²) >= 11 is 0. The monoisotopic (exact) mass is 920 g/mol. The molecule has 0 saturated carbocycles. The number of hydrogen-bond donors (Lipinski definition) is 0. The molecule has 0 amide bonds. The summed E-state index contributed by atoms with van der Waals surface area (Å²) < 4.78 is 134. The summed E-state index contributed by atoms with van der Waals surface area (Å²) in [6, 6.07) is 45.0. The standard InChI is InChI=1S/C26H21N2O.C25H20N.Ir/c1-17-15-24(27-16-18(17)2)23-10-6-9-21-22-14-13-20(28-26(22)29-25(21)23)12-11-19-7-4-3-5-8-19;1-18-13-14-22(15-23(18)20-9-5-3-6-10-20)25-16-24(19(2)17-26-25)21-11-7-4-8-12-21;/h3-9,13-16H,11-12H2,1-2H3;3-13,15-17H,1-2H3;/q2*-1;/i1D3,2D3,11D2,12D2;1D3,2D3;. The van der Waals surface area contributed by atoms with Gasteiger partial charge in [0.25, 0.3) is 0 Å². The Hall–Kier alpha value is -6.00. The van der Waals surface area contributed by atoms with E-state index in [-0.39, 0.29) is 76.2 Å². The van der Waals surface area contributed by atoms with Crippen LogP contribution < -0.4 is 0 Å². The molecule has 1 radical (unpaired) electrons. The maximum atomic E-state index is 8.62. The number of fused-ring (bicyclic) bond motifs is 3. The maximum Gasteiger partial charge on any atom is 0.216 e. The normalized spacial score (nSPS) is 16.5. The Bertz CT molecular complexity index is 3270. The fourth-order valence-corrected chi connectivity index (χ4v) is 6.09. The van der Waals surface area contributed by atoms with Crippen LogP contribution in [0.5, 0.6) is 0 Å². The zero-order valence-electron chi connectivity index (χ0n) is 45.5. The van der Waals surface area contributed by atoms with Gasteiger partial charge >= 0.3 is 0 Å². The number of aromatic nitrogens is 3. The molecule has 0 atom stereocenters. The third kappa shape index (κ3) is 8.30. The first-order valence-corrected chi connectivity index (χ1v) is 17.3. The molecule has 56 heavy (non-hydrogen) atoms. The van der Waals surface area contributed by atoms with Crippen LogP contribution in [0.2, 0.25) is 0 Å². The van der Waals surface area contributed by atoms with Crippen molar-refractivity contribution in [3.63, 3.8) is 0 Å². The van der Waals surface area contributed by atoms with Gasteiger partial charge in [0.2, 0.25) is 5.71 Å². The number of benzene rings is 5. The SMILES string of the molecule is [2H]C([2H])([2H])c1c[c-]c(-c2cc(-c3ccccc3)c(C([2H])([2H])[2H])cn2)cc1-c1ccccc1.[2H]C([2H])([2H])c1cnc(-c2[c-]ccc3c2oc2nc(C([2H])([2H])C([2H])([2H])c4ccccc4)ccc23)cc1C([2H])([2H])[2H].[Ir]. The summed E-state index contributed by atoms with van der Waals surface area (Å²) in [6.07, 6.45) is -2.52. The van der Waals surface area contributed by atoms with Crippen molar-refractivity contribution >= 4 is 22.1 Å². The third-order valence-corrected chi connectivity index (χ3v) is 8.87. The Morgan fingerprint density at radius 3 is 1.98 bits per heavy atom. The van der Waals surface area contributed by atoms with Crippen LogP contribution in [0.4, 0.5) is 0 Å². The molecule has 0 spiro atoms. The molecule has 0 bridgehead atoms. The van der Waals surface area contributed by atoms with Gasteiger partial charge in [-0.15, -0.1) is 47.5 Å². The molecule has 0 unspecified atom stereocenters. The zero-order chi connectivity index (χ0) is 51.3. The summed E-state index contributed by atoms with van der Waals surface area (Å²) in [5, 5.41) is 1.09. The van der Waals surface area contributed by atoms with Gasteiger partial charge in [0.1, 0.15) is 0 Å². The predicted octanol–water partition coefficient (Wildman–Crippen LogP) is 12.7. The fourth-order valence-electron chi connectivity index (χ4n) is 6.09. The van der Waals surface area contributed by atoms with Gasteiger partial charge in [0, 0.05) is 65.5 Å². The van der Waals surface area contributed by atoms with E-state index in [0.29, 0.717) is 33.2 Å².